The molecule has 2 fully saturated rings. The number of aliphatic hydroxyl groups excluding tert-OH is 1. The molecule has 8 rings (SSSR count). The summed E-state index contributed by atoms with van der Waals surface area (Å²) in [5.74, 6) is 2.64. The minimum atomic E-state index is -0.532. The van der Waals surface area contributed by atoms with Crippen LogP contribution in [0.15, 0.2) is 69.4 Å². The summed E-state index contributed by atoms with van der Waals surface area (Å²) >= 11 is 5.36. The lowest BCUT2D eigenvalue weighted by Crippen LogP contribution is -2.36. The maximum atomic E-state index is 13.7. The molecule has 366 valence electrons. The Balaban J connectivity index is 1.02. The number of rotatable bonds is 20. The lowest BCUT2D eigenvalue weighted by molar-refractivity contribution is -0.161. The molecule has 2 aliphatic heterocycles. The Kier molecular flexibility index (Phi) is 16.6. The standard InChI is InChI=1S/C56H73BrN4O6S/c1-7-39(54(64)67-55(3,4)5)35-56(6,44-20-18-41(19-21-44)51-37(2)58-36-68-51)24-11-25-60-26-22-40(23-27-60)45-33-43-32-42(17-16-38-12-8-9-13-38)52-59-53(63)50-46(57)14-10-15-47(50)61(52)48(43)34-49(45)66-31-30-65-29-28-62/h10,14-15,18-21,33-34,36,38-40,42,62H,7-9,11-13,16-17,22-32,35H2,1-6H3/t39?,42?,56-/m0/s1. The first-order valence-electron chi connectivity index (χ1n) is 25.4. The molecule has 2 unspecified atom stereocenters. The van der Waals surface area contributed by atoms with E-state index in [4.69, 9.17) is 19.2 Å². The quantitative estimate of drug-likeness (QED) is 0.0601. The van der Waals surface area contributed by atoms with Gasteiger partial charge in [0.1, 0.15) is 23.8 Å². The number of nitrogens with zero attached hydrogens (tertiary/aromatic N) is 4. The fraction of sp³-hybridized carbons (Fsp3) is 0.571. The summed E-state index contributed by atoms with van der Waals surface area (Å²) in [6.07, 6.45) is 13.7. The van der Waals surface area contributed by atoms with Crippen molar-refractivity contribution < 1.29 is 24.1 Å². The summed E-state index contributed by atoms with van der Waals surface area (Å²) in [4.78, 5) is 40.4. The largest absolute Gasteiger partial charge is 0.491 e. The smallest absolute Gasteiger partial charge is 0.309 e. The van der Waals surface area contributed by atoms with E-state index in [1.165, 1.54) is 52.8 Å². The molecule has 4 heterocycles. The van der Waals surface area contributed by atoms with Crippen LogP contribution in [-0.2, 0) is 26.1 Å². The minimum absolute atomic E-state index is 0.0270. The molecule has 2 aromatic heterocycles. The second kappa shape index (κ2) is 22.4. The SMILES string of the molecule is CCC(C[C@](C)(CCCN1CCC(c2cc3c(cc2OCCOCCO)-n2c(nc(=O)c4c(Br)cccc42)C(CCC2CCCC2)C3)CC1)c1ccc(-c2scnc2C)cc1)C(=O)OC(C)(C)C. The van der Waals surface area contributed by atoms with Crippen LogP contribution < -0.4 is 10.3 Å². The Morgan fingerprint density at radius 2 is 1.75 bits per heavy atom. The van der Waals surface area contributed by atoms with Crippen LogP contribution in [-0.4, -0.2) is 82.2 Å². The van der Waals surface area contributed by atoms with Crippen molar-refractivity contribution in [1.82, 2.24) is 19.4 Å². The van der Waals surface area contributed by atoms with Crippen molar-refractivity contribution in [3.63, 3.8) is 0 Å². The van der Waals surface area contributed by atoms with Crippen LogP contribution in [0.1, 0.15) is 152 Å². The van der Waals surface area contributed by atoms with Crippen LogP contribution in [0, 0.1) is 18.8 Å². The van der Waals surface area contributed by atoms with E-state index in [9.17, 15) is 14.7 Å². The average molecular weight is 1010 g/mol. The van der Waals surface area contributed by atoms with Gasteiger partial charge >= 0.3 is 5.97 Å². The number of ether oxygens (including phenoxy) is 3. The first kappa shape index (κ1) is 50.4. The monoisotopic (exact) mass is 1010 g/mol. The highest BCUT2D eigenvalue weighted by atomic mass is 79.9. The van der Waals surface area contributed by atoms with E-state index in [-0.39, 0.29) is 42.0 Å². The molecule has 0 amide bonds. The fourth-order valence-electron chi connectivity index (χ4n) is 11.4. The van der Waals surface area contributed by atoms with Gasteiger partial charge in [-0.1, -0.05) is 69.9 Å². The van der Waals surface area contributed by atoms with Gasteiger partial charge in [0.15, 0.2) is 0 Å². The van der Waals surface area contributed by atoms with E-state index >= 15 is 0 Å². The molecular weight excluding hydrogens is 937 g/mol. The first-order chi connectivity index (χ1) is 32.7. The lowest BCUT2D eigenvalue weighted by atomic mass is 9.71. The van der Waals surface area contributed by atoms with Gasteiger partial charge in [-0.3, -0.25) is 14.2 Å². The predicted molar refractivity (Wildman–Crippen MR) is 278 cm³/mol. The normalized spacial score (nSPS) is 18.3. The Bertz CT molecular complexity index is 2560. The van der Waals surface area contributed by atoms with Crippen molar-refractivity contribution in [1.29, 1.82) is 0 Å². The first-order valence-corrected chi connectivity index (χ1v) is 27.1. The lowest BCUT2D eigenvalue weighted by Gasteiger charge is -2.37. The van der Waals surface area contributed by atoms with E-state index in [0.29, 0.717) is 24.5 Å². The number of esters is 1. The van der Waals surface area contributed by atoms with Crippen molar-refractivity contribution in [3.05, 3.63) is 103 Å². The Morgan fingerprint density at radius 1 is 0.985 bits per heavy atom. The van der Waals surface area contributed by atoms with E-state index < -0.39 is 5.60 Å². The van der Waals surface area contributed by atoms with Gasteiger partial charge in [0.2, 0.25) is 0 Å². The number of fused-ring (bicyclic) bond motifs is 5. The number of aromatic nitrogens is 3. The number of carbonyl (C=O) groups excluding carboxylic acids is 1. The number of thiazole rings is 1. The summed E-state index contributed by atoms with van der Waals surface area (Å²) in [6, 6.07) is 19.6. The number of piperidine rings is 1. The van der Waals surface area contributed by atoms with E-state index in [0.717, 1.165) is 116 Å². The summed E-state index contributed by atoms with van der Waals surface area (Å²) in [7, 11) is 0. The van der Waals surface area contributed by atoms with Crippen molar-refractivity contribution in [3.8, 4) is 21.9 Å². The van der Waals surface area contributed by atoms with Crippen LogP contribution in [0.4, 0.5) is 0 Å². The molecule has 1 N–H and O–H groups in total. The van der Waals surface area contributed by atoms with Crippen molar-refractivity contribution >= 4 is 44.1 Å². The van der Waals surface area contributed by atoms with Crippen LogP contribution >= 0.6 is 27.3 Å². The molecule has 12 heteroatoms. The topological polar surface area (TPSA) is 116 Å². The van der Waals surface area contributed by atoms with Crippen molar-refractivity contribution in [2.24, 2.45) is 11.8 Å². The Morgan fingerprint density at radius 3 is 2.44 bits per heavy atom. The molecule has 68 heavy (non-hydrogen) atoms. The van der Waals surface area contributed by atoms with Gasteiger partial charge in [0, 0.05) is 16.5 Å². The maximum absolute atomic E-state index is 13.7. The third kappa shape index (κ3) is 11.8. The van der Waals surface area contributed by atoms with Crippen LogP contribution in [0.25, 0.3) is 27.0 Å². The second-order valence-corrected chi connectivity index (χ2v) is 22.8. The third-order valence-electron chi connectivity index (χ3n) is 15.0. The highest BCUT2D eigenvalue weighted by Gasteiger charge is 2.36. The molecule has 3 aromatic carbocycles. The van der Waals surface area contributed by atoms with Crippen LogP contribution in [0.5, 0.6) is 5.75 Å². The third-order valence-corrected chi connectivity index (χ3v) is 16.7. The number of aliphatic hydroxyl groups is 1. The van der Waals surface area contributed by atoms with Gasteiger partial charge < -0.3 is 24.2 Å². The molecule has 1 aliphatic carbocycles. The van der Waals surface area contributed by atoms with Gasteiger partial charge in [-0.05, 0) is 179 Å². The highest BCUT2D eigenvalue weighted by Crippen LogP contribution is 2.45. The van der Waals surface area contributed by atoms with Gasteiger partial charge in [-0.2, -0.15) is 4.98 Å². The number of hydrogen-bond acceptors (Lipinski definition) is 10. The second-order valence-electron chi connectivity index (χ2n) is 21.0. The number of benzene rings is 3. The maximum Gasteiger partial charge on any atom is 0.309 e. The molecule has 10 nitrogen and oxygen atoms in total. The summed E-state index contributed by atoms with van der Waals surface area (Å²) < 4.78 is 21.3. The van der Waals surface area contributed by atoms with Crippen molar-refractivity contribution in [2.45, 2.75) is 148 Å². The number of halogens is 1. The molecule has 0 bridgehead atoms. The summed E-state index contributed by atoms with van der Waals surface area (Å²) in [5.41, 5.74) is 8.91. The van der Waals surface area contributed by atoms with E-state index in [1.807, 2.05) is 38.4 Å². The zero-order valence-corrected chi connectivity index (χ0v) is 43.7. The van der Waals surface area contributed by atoms with E-state index in [1.54, 1.807) is 11.3 Å². The number of hydrogen-bond donors (Lipinski definition) is 1. The molecule has 1 saturated heterocycles. The molecule has 3 atom stereocenters. The Labute approximate surface area is 416 Å². The number of carbonyl (C=O) groups is 1. The van der Waals surface area contributed by atoms with Crippen molar-refractivity contribution in [2.75, 3.05) is 46.1 Å². The zero-order chi connectivity index (χ0) is 48.0. The average Bonchev–Trinajstić information content (AvgIpc) is 4.01. The molecule has 1 saturated carbocycles. The van der Waals surface area contributed by atoms with Crippen LogP contribution in [0.3, 0.4) is 0 Å². The zero-order valence-electron chi connectivity index (χ0n) is 41.3. The summed E-state index contributed by atoms with van der Waals surface area (Å²) in [5, 5.41) is 9.96. The van der Waals surface area contributed by atoms with Gasteiger partial charge in [0.25, 0.3) is 5.56 Å². The van der Waals surface area contributed by atoms with Gasteiger partial charge in [0.05, 0.1) is 58.4 Å². The minimum Gasteiger partial charge on any atom is -0.491 e. The number of likely N-dealkylation sites (tertiary alicyclic amines) is 1. The highest BCUT2D eigenvalue weighted by molar-refractivity contribution is 9.10. The molecule has 0 radical (unpaired) electrons. The molecular formula is C56H73BrN4O6S. The number of aryl methyl sites for hydroxylation is 1. The molecule has 5 aromatic rings. The fourth-order valence-corrected chi connectivity index (χ4v) is 12.7. The predicted octanol–water partition coefficient (Wildman–Crippen LogP) is 12.3. The van der Waals surface area contributed by atoms with Gasteiger partial charge in [-0.25, -0.2) is 4.98 Å². The molecule has 0 spiro atoms. The van der Waals surface area contributed by atoms with Crippen LogP contribution in [0.2, 0.25) is 0 Å². The summed E-state index contributed by atoms with van der Waals surface area (Å²) in [6.45, 7) is 16.3. The Hall–Kier alpha value is -3.94. The molecule has 3 aliphatic rings. The van der Waals surface area contributed by atoms with E-state index in [2.05, 4.69) is 93.6 Å². The van der Waals surface area contributed by atoms with Gasteiger partial charge in [-0.15, -0.1) is 11.3 Å².